The van der Waals surface area contributed by atoms with E-state index in [9.17, 15) is 4.79 Å². The molecular weight excluding hydrogens is 368 g/mol. The lowest BCUT2D eigenvalue weighted by molar-refractivity contribution is -0.131. The van der Waals surface area contributed by atoms with Gasteiger partial charge in [0.15, 0.2) is 5.82 Å². The maximum atomic E-state index is 13.0. The number of aromatic nitrogens is 4. The van der Waals surface area contributed by atoms with E-state index >= 15 is 0 Å². The van der Waals surface area contributed by atoms with Gasteiger partial charge in [0.1, 0.15) is 5.54 Å². The maximum Gasteiger partial charge on any atom is 0.222 e. The first-order chi connectivity index (χ1) is 14.2. The summed E-state index contributed by atoms with van der Waals surface area (Å²) in [5.41, 5.74) is -0.256. The van der Waals surface area contributed by atoms with Crippen molar-refractivity contribution in [2.24, 2.45) is 5.92 Å². The van der Waals surface area contributed by atoms with Crippen LogP contribution in [0.5, 0.6) is 0 Å². The second-order valence-corrected chi connectivity index (χ2v) is 9.05. The van der Waals surface area contributed by atoms with Gasteiger partial charge in [-0.05, 0) is 55.1 Å². The average Bonchev–Trinajstić information content (AvgIpc) is 3.51. The molecule has 3 fully saturated rings. The Morgan fingerprint density at radius 2 is 1.93 bits per heavy atom. The van der Waals surface area contributed by atoms with Crippen LogP contribution in [0.25, 0.3) is 0 Å². The molecular formula is C21H36N6O2. The van der Waals surface area contributed by atoms with Crippen LogP contribution in [0.15, 0.2) is 0 Å². The van der Waals surface area contributed by atoms with E-state index in [4.69, 9.17) is 4.74 Å². The molecule has 1 saturated carbocycles. The molecule has 162 valence electrons. The highest BCUT2D eigenvalue weighted by molar-refractivity contribution is 5.76. The molecule has 0 radical (unpaired) electrons. The Bertz CT molecular complexity index is 668. The predicted molar refractivity (Wildman–Crippen MR) is 109 cm³/mol. The predicted octanol–water partition coefficient (Wildman–Crippen LogP) is 2.20. The molecule has 2 aliphatic heterocycles. The van der Waals surface area contributed by atoms with E-state index in [1.54, 1.807) is 7.11 Å². The van der Waals surface area contributed by atoms with Crippen molar-refractivity contribution in [2.45, 2.75) is 76.3 Å². The maximum absolute atomic E-state index is 13.0. The van der Waals surface area contributed by atoms with Gasteiger partial charge in [-0.15, -0.1) is 5.10 Å². The van der Waals surface area contributed by atoms with Gasteiger partial charge >= 0.3 is 0 Å². The molecule has 3 heterocycles. The zero-order chi connectivity index (χ0) is 20.1. The Hall–Kier alpha value is -1.54. The summed E-state index contributed by atoms with van der Waals surface area (Å²) < 4.78 is 7.13. The number of nitrogens with zero attached hydrogens (tertiary/aromatic N) is 6. The van der Waals surface area contributed by atoms with Gasteiger partial charge in [0.05, 0.1) is 13.2 Å². The minimum Gasteiger partial charge on any atom is -0.383 e. The fourth-order valence-electron chi connectivity index (χ4n) is 5.56. The van der Waals surface area contributed by atoms with E-state index in [2.05, 4.69) is 25.3 Å². The van der Waals surface area contributed by atoms with Crippen LogP contribution in [0.1, 0.15) is 70.0 Å². The van der Waals surface area contributed by atoms with Crippen molar-refractivity contribution in [3.63, 3.8) is 0 Å². The van der Waals surface area contributed by atoms with E-state index in [-0.39, 0.29) is 5.54 Å². The fraction of sp³-hybridized carbons (Fsp3) is 0.905. The van der Waals surface area contributed by atoms with Crippen LogP contribution < -0.4 is 0 Å². The van der Waals surface area contributed by atoms with Crippen LogP contribution >= 0.6 is 0 Å². The van der Waals surface area contributed by atoms with Gasteiger partial charge in [0.25, 0.3) is 0 Å². The van der Waals surface area contributed by atoms with Crippen molar-refractivity contribution in [3.8, 4) is 0 Å². The summed E-state index contributed by atoms with van der Waals surface area (Å²) >= 11 is 0. The molecule has 0 aromatic carbocycles. The molecule has 8 heteroatoms. The zero-order valence-electron chi connectivity index (χ0n) is 17.9. The van der Waals surface area contributed by atoms with Crippen LogP contribution in [-0.4, -0.2) is 75.8 Å². The highest BCUT2D eigenvalue weighted by atomic mass is 16.5. The van der Waals surface area contributed by atoms with Crippen molar-refractivity contribution < 1.29 is 9.53 Å². The quantitative estimate of drug-likeness (QED) is 0.661. The first kappa shape index (κ1) is 20.7. The van der Waals surface area contributed by atoms with Crippen molar-refractivity contribution in [3.05, 3.63) is 5.82 Å². The third-order valence-corrected chi connectivity index (χ3v) is 7.26. The summed E-state index contributed by atoms with van der Waals surface area (Å²) in [6.45, 7) is 4.85. The Morgan fingerprint density at radius 3 is 2.69 bits per heavy atom. The van der Waals surface area contributed by atoms with Crippen molar-refractivity contribution in [1.82, 2.24) is 30.0 Å². The summed E-state index contributed by atoms with van der Waals surface area (Å²) in [4.78, 5) is 17.7. The molecule has 8 nitrogen and oxygen atoms in total. The molecule has 3 aliphatic rings. The summed E-state index contributed by atoms with van der Waals surface area (Å²) in [5.74, 6) is 1.96. The van der Waals surface area contributed by atoms with E-state index in [0.717, 1.165) is 44.2 Å². The normalized spacial score (nSPS) is 26.4. The second kappa shape index (κ2) is 9.51. The summed E-state index contributed by atoms with van der Waals surface area (Å²) in [5, 5.41) is 12.7. The SMILES string of the molecule is COCCn1nnnc1C1(N2CCCC2)CCN(C(=O)CCC2CCCCC2)C1. The van der Waals surface area contributed by atoms with Gasteiger partial charge < -0.3 is 9.64 Å². The number of amides is 1. The number of rotatable bonds is 8. The lowest BCUT2D eigenvalue weighted by Crippen LogP contribution is -2.49. The van der Waals surface area contributed by atoms with Crippen LogP contribution in [0.3, 0.4) is 0 Å². The first-order valence-corrected chi connectivity index (χ1v) is 11.5. The number of hydrogen-bond donors (Lipinski definition) is 0. The molecule has 0 N–H and O–H groups in total. The summed E-state index contributed by atoms with van der Waals surface area (Å²) in [7, 11) is 1.70. The average molecular weight is 405 g/mol. The third-order valence-electron chi connectivity index (χ3n) is 7.26. The van der Waals surface area contributed by atoms with Gasteiger partial charge in [0.2, 0.25) is 5.91 Å². The Kier molecular flexibility index (Phi) is 6.80. The van der Waals surface area contributed by atoms with Crippen molar-refractivity contribution in [1.29, 1.82) is 0 Å². The van der Waals surface area contributed by atoms with Crippen LogP contribution in [0, 0.1) is 5.92 Å². The number of carbonyl (C=O) groups is 1. The lowest BCUT2D eigenvalue weighted by Gasteiger charge is -2.37. The molecule has 1 aromatic heterocycles. The molecule has 4 rings (SSSR count). The van der Waals surface area contributed by atoms with E-state index in [1.807, 2.05) is 4.68 Å². The Labute approximate surface area is 173 Å². The Morgan fingerprint density at radius 1 is 1.14 bits per heavy atom. The second-order valence-electron chi connectivity index (χ2n) is 9.05. The monoisotopic (exact) mass is 404 g/mol. The number of hydrogen-bond acceptors (Lipinski definition) is 6. The highest BCUT2D eigenvalue weighted by Crippen LogP contribution is 2.39. The van der Waals surface area contributed by atoms with Gasteiger partial charge in [-0.25, -0.2) is 4.68 Å². The molecule has 1 aromatic rings. The molecule has 1 aliphatic carbocycles. The third kappa shape index (κ3) is 4.48. The molecule has 1 amide bonds. The summed E-state index contributed by atoms with van der Waals surface area (Å²) in [6, 6.07) is 0. The van der Waals surface area contributed by atoms with Gasteiger partial charge in [0, 0.05) is 26.6 Å². The topological polar surface area (TPSA) is 76.4 Å². The molecule has 2 saturated heterocycles. The smallest absolute Gasteiger partial charge is 0.222 e. The zero-order valence-corrected chi connectivity index (χ0v) is 17.9. The minimum atomic E-state index is -0.256. The van der Waals surface area contributed by atoms with Gasteiger partial charge in [-0.1, -0.05) is 32.1 Å². The fourth-order valence-corrected chi connectivity index (χ4v) is 5.56. The van der Waals surface area contributed by atoms with Crippen LogP contribution in [-0.2, 0) is 21.6 Å². The molecule has 1 unspecified atom stereocenters. The van der Waals surface area contributed by atoms with Crippen LogP contribution in [0.4, 0.5) is 0 Å². The number of likely N-dealkylation sites (tertiary alicyclic amines) is 2. The highest BCUT2D eigenvalue weighted by Gasteiger charge is 2.50. The standard InChI is InChI=1S/C21H36N6O2/c1-29-16-15-27-20(22-23-24-27)21(26-12-5-6-13-26)11-14-25(17-21)19(28)10-9-18-7-3-2-4-8-18/h18H,2-17H2,1H3. The van der Waals surface area contributed by atoms with E-state index in [1.165, 1.54) is 44.9 Å². The first-order valence-electron chi connectivity index (χ1n) is 11.5. The number of ether oxygens (including phenoxy) is 1. The van der Waals surface area contributed by atoms with E-state index < -0.39 is 0 Å². The molecule has 0 bridgehead atoms. The lowest BCUT2D eigenvalue weighted by atomic mass is 9.86. The number of methoxy groups -OCH3 is 1. The van der Waals surface area contributed by atoms with Crippen molar-refractivity contribution >= 4 is 5.91 Å². The van der Waals surface area contributed by atoms with Crippen molar-refractivity contribution in [2.75, 3.05) is 39.9 Å². The van der Waals surface area contributed by atoms with Gasteiger partial charge in [-0.2, -0.15) is 0 Å². The largest absolute Gasteiger partial charge is 0.383 e. The number of tetrazole rings is 1. The van der Waals surface area contributed by atoms with Gasteiger partial charge in [-0.3, -0.25) is 9.69 Å². The number of carbonyl (C=O) groups excluding carboxylic acids is 1. The molecule has 0 spiro atoms. The summed E-state index contributed by atoms with van der Waals surface area (Å²) in [6.07, 6.45) is 11.7. The Balaban J connectivity index is 1.46. The molecule has 1 atom stereocenters. The minimum absolute atomic E-state index is 0.256. The molecule has 29 heavy (non-hydrogen) atoms. The van der Waals surface area contributed by atoms with E-state index in [0.29, 0.717) is 32.0 Å². The van der Waals surface area contributed by atoms with Crippen LogP contribution in [0.2, 0.25) is 0 Å².